The van der Waals surface area contributed by atoms with Crippen LogP contribution in [0.3, 0.4) is 0 Å². The van der Waals surface area contributed by atoms with Crippen LogP contribution in [0.1, 0.15) is 33.6 Å². The first-order chi connectivity index (χ1) is 10.1. The summed E-state index contributed by atoms with van der Waals surface area (Å²) in [6.07, 6.45) is 1.19. The molecule has 5 nitrogen and oxygen atoms in total. The highest BCUT2D eigenvalue weighted by Crippen LogP contribution is 2.33. The molecule has 1 atom stereocenters. The Labute approximate surface area is 125 Å². The van der Waals surface area contributed by atoms with Gasteiger partial charge >= 0.3 is 0 Å². The molecule has 1 aromatic carbocycles. The Morgan fingerprint density at radius 3 is 2.67 bits per heavy atom. The number of benzene rings is 1. The van der Waals surface area contributed by atoms with Crippen LogP contribution < -0.4 is 15.0 Å². The maximum Gasteiger partial charge on any atom is 0.268 e. The van der Waals surface area contributed by atoms with Gasteiger partial charge in [0.05, 0.1) is 5.69 Å². The van der Waals surface area contributed by atoms with E-state index in [1.807, 2.05) is 32.0 Å². The molecule has 1 aliphatic heterocycles. The number of para-hydroxylation sites is 2. The van der Waals surface area contributed by atoms with E-state index in [0.29, 0.717) is 11.4 Å². The van der Waals surface area contributed by atoms with E-state index in [2.05, 4.69) is 5.32 Å². The number of carbonyl (C=O) groups excluding carboxylic acids is 2. The van der Waals surface area contributed by atoms with Crippen molar-refractivity contribution in [2.24, 2.45) is 0 Å². The molecule has 0 fully saturated rings. The highest BCUT2D eigenvalue weighted by molar-refractivity contribution is 6.03. The van der Waals surface area contributed by atoms with Crippen LogP contribution in [0, 0.1) is 0 Å². The van der Waals surface area contributed by atoms with Crippen LogP contribution in [0.25, 0.3) is 0 Å². The van der Waals surface area contributed by atoms with Gasteiger partial charge in [0.15, 0.2) is 6.10 Å². The van der Waals surface area contributed by atoms with E-state index in [4.69, 9.17) is 4.74 Å². The average Bonchev–Trinajstić information content (AvgIpc) is 2.49. The molecule has 0 radical (unpaired) electrons. The molecule has 0 unspecified atom stereocenters. The van der Waals surface area contributed by atoms with Gasteiger partial charge in [-0.05, 0) is 31.9 Å². The van der Waals surface area contributed by atoms with Crippen LogP contribution in [0.15, 0.2) is 24.3 Å². The summed E-state index contributed by atoms with van der Waals surface area (Å²) >= 11 is 0. The minimum absolute atomic E-state index is 0.0278. The van der Waals surface area contributed by atoms with Gasteiger partial charge in [0.2, 0.25) is 5.91 Å². The van der Waals surface area contributed by atoms with Gasteiger partial charge in [-0.25, -0.2) is 0 Å². The summed E-state index contributed by atoms with van der Waals surface area (Å²) in [7, 11) is 0. The molecule has 0 aliphatic carbocycles. The van der Waals surface area contributed by atoms with Crippen molar-refractivity contribution >= 4 is 17.5 Å². The Morgan fingerprint density at radius 2 is 2.00 bits per heavy atom. The number of hydrogen-bond acceptors (Lipinski definition) is 3. The molecule has 1 aromatic rings. The smallest absolute Gasteiger partial charge is 0.268 e. The van der Waals surface area contributed by atoms with Gasteiger partial charge in [-0.2, -0.15) is 0 Å². The van der Waals surface area contributed by atoms with Crippen molar-refractivity contribution < 1.29 is 14.3 Å². The fourth-order valence-corrected chi connectivity index (χ4v) is 2.43. The number of carbonyl (C=O) groups is 2. The van der Waals surface area contributed by atoms with E-state index >= 15 is 0 Å². The van der Waals surface area contributed by atoms with Crippen LogP contribution in [0.5, 0.6) is 5.75 Å². The van der Waals surface area contributed by atoms with Crippen molar-refractivity contribution in [2.45, 2.75) is 45.8 Å². The standard InChI is InChI=1S/C16H22N2O3/c1-4-12(5-2)17-15(19)10-18-13-8-6-7-9-14(13)21-11(3)16(18)20/h6-9,11-12H,4-5,10H2,1-3H3,(H,17,19)/t11-/m1/s1. The van der Waals surface area contributed by atoms with Crippen molar-refractivity contribution in [2.75, 3.05) is 11.4 Å². The normalized spacial score (nSPS) is 17.4. The molecule has 2 amide bonds. The number of amides is 2. The van der Waals surface area contributed by atoms with Gasteiger partial charge < -0.3 is 10.1 Å². The van der Waals surface area contributed by atoms with Gasteiger partial charge in [0.25, 0.3) is 5.91 Å². The topological polar surface area (TPSA) is 58.6 Å². The Kier molecular flexibility index (Phi) is 4.83. The van der Waals surface area contributed by atoms with Crippen LogP contribution in [-0.2, 0) is 9.59 Å². The first kappa shape index (κ1) is 15.4. The molecule has 1 N–H and O–H groups in total. The molecule has 2 rings (SSSR count). The zero-order valence-corrected chi connectivity index (χ0v) is 12.8. The molecule has 0 bridgehead atoms. The second-order valence-corrected chi connectivity index (χ2v) is 5.23. The Hall–Kier alpha value is -2.04. The van der Waals surface area contributed by atoms with E-state index in [0.717, 1.165) is 12.8 Å². The number of nitrogens with zero attached hydrogens (tertiary/aromatic N) is 1. The molecule has 1 heterocycles. The highest BCUT2D eigenvalue weighted by atomic mass is 16.5. The second kappa shape index (κ2) is 6.61. The SMILES string of the molecule is CCC(CC)NC(=O)CN1C(=O)[C@@H](C)Oc2ccccc21. The fourth-order valence-electron chi connectivity index (χ4n) is 2.43. The first-order valence-corrected chi connectivity index (χ1v) is 7.43. The van der Waals surface area contributed by atoms with Gasteiger partial charge in [0.1, 0.15) is 12.3 Å². The average molecular weight is 290 g/mol. The van der Waals surface area contributed by atoms with Crippen LogP contribution in [-0.4, -0.2) is 30.5 Å². The number of anilines is 1. The number of hydrogen-bond donors (Lipinski definition) is 1. The minimum atomic E-state index is -0.569. The lowest BCUT2D eigenvalue weighted by Gasteiger charge is -2.32. The lowest BCUT2D eigenvalue weighted by Crippen LogP contribution is -2.50. The van der Waals surface area contributed by atoms with Gasteiger partial charge in [-0.1, -0.05) is 26.0 Å². The first-order valence-electron chi connectivity index (χ1n) is 7.43. The molecular weight excluding hydrogens is 268 g/mol. The van der Waals surface area contributed by atoms with Crippen LogP contribution >= 0.6 is 0 Å². The Bertz CT molecular complexity index is 526. The third-order valence-electron chi connectivity index (χ3n) is 3.73. The van der Waals surface area contributed by atoms with Crippen molar-refractivity contribution in [3.8, 4) is 5.75 Å². The molecule has 0 saturated heterocycles. The van der Waals surface area contributed by atoms with Crippen LogP contribution in [0.4, 0.5) is 5.69 Å². The summed E-state index contributed by atoms with van der Waals surface area (Å²) in [5.41, 5.74) is 0.653. The quantitative estimate of drug-likeness (QED) is 0.903. The summed E-state index contributed by atoms with van der Waals surface area (Å²) < 4.78 is 5.56. The number of nitrogens with one attached hydrogen (secondary N) is 1. The summed E-state index contributed by atoms with van der Waals surface area (Å²) in [6.45, 7) is 5.79. The Morgan fingerprint density at radius 1 is 1.33 bits per heavy atom. The van der Waals surface area contributed by atoms with E-state index in [9.17, 15) is 9.59 Å². The summed E-state index contributed by atoms with van der Waals surface area (Å²) in [6, 6.07) is 7.44. The van der Waals surface area contributed by atoms with Crippen molar-refractivity contribution in [1.82, 2.24) is 5.32 Å². The number of fused-ring (bicyclic) bond motifs is 1. The largest absolute Gasteiger partial charge is 0.479 e. The Balaban J connectivity index is 2.15. The molecule has 0 aromatic heterocycles. The van der Waals surface area contributed by atoms with E-state index in [-0.39, 0.29) is 24.4 Å². The molecule has 21 heavy (non-hydrogen) atoms. The van der Waals surface area contributed by atoms with Gasteiger partial charge in [-0.3, -0.25) is 14.5 Å². The summed E-state index contributed by atoms with van der Waals surface area (Å²) in [5.74, 6) is 0.314. The van der Waals surface area contributed by atoms with Gasteiger partial charge in [0, 0.05) is 6.04 Å². The van der Waals surface area contributed by atoms with Gasteiger partial charge in [-0.15, -0.1) is 0 Å². The van der Waals surface area contributed by atoms with Crippen LogP contribution in [0.2, 0.25) is 0 Å². The van der Waals surface area contributed by atoms with Crippen molar-refractivity contribution in [3.05, 3.63) is 24.3 Å². The minimum Gasteiger partial charge on any atom is -0.479 e. The van der Waals surface area contributed by atoms with E-state index in [1.165, 1.54) is 4.90 Å². The monoisotopic (exact) mass is 290 g/mol. The zero-order chi connectivity index (χ0) is 15.4. The third kappa shape index (κ3) is 3.35. The molecule has 0 spiro atoms. The maximum absolute atomic E-state index is 12.3. The lowest BCUT2D eigenvalue weighted by atomic mass is 10.1. The molecule has 1 aliphatic rings. The number of ether oxygens (including phenoxy) is 1. The predicted molar refractivity (Wildman–Crippen MR) is 81.4 cm³/mol. The van der Waals surface area contributed by atoms with E-state index < -0.39 is 6.10 Å². The number of rotatable bonds is 5. The second-order valence-electron chi connectivity index (χ2n) is 5.23. The fraction of sp³-hybridized carbons (Fsp3) is 0.500. The molecule has 5 heteroatoms. The maximum atomic E-state index is 12.3. The van der Waals surface area contributed by atoms with Crippen molar-refractivity contribution in [3.63, 3.8) is 0 Å². The van der Waals surface area contributed by atoms with E-state index in [1.54, 1.807) is 13.0 Å². The zero-order valence-electron chi connectivity index (χ0n) is 12.8. The molecule has 114 valence electrons. The summed E-state index contributed by atoms with van der Waals surface area (Å²) in [4.78, 5) is 25.9. The van der Waals surface area contributed by atoms with Crippen molar-refractivity contribution in [1.29, 1.82) is 0 Å². The third-order valence-corrected chi connectivity index (χ3v) is 3.73. The summed E-state index contributed by atoms with van der Waals surface area (Å²) in [5, 5.41) is 2.96. The highest BCUT2D eigenvalue weighted by Gasteiger charge is 2.32. The predicted octanol–water partition coefficient (Wildman–Crippen LogP) is 2.11. The molecule has 0 saturated carbocycles. The lowest BCUT2D eigenvalue weighted by molar-refractivity contribution is -0.128. The molecular formula is C16H22N2O3.